The van der Waals surface area contributed by atoms with Crippen LogP contribution in [0.2, 0.25) is 0 Å². The molecule has 6 heteroatoms. The van der Waals surface area contributed by atoms with Crippen LogP contribution in [0.3, 0.4) is 0 Å². The predicted octanol–water partition coefficient (Wildman–Crippen LogP) is -0.479. The molecule has 0 unspecified atom stereocenters. The number of hydrogen-bond acceptors (Lipinski definition) is 2. The predicted molar refractivity (Wildman–Crippen MR) is 37.8 cm³/mol. The Morgan fingerprint density at radius 2 is 1.78 bits per heavy atom. The minimum absolute atomic E-state index is 0. The fourth-order valence-corrected chi connectivity index (χ4v) is 0.774. The van der Waals surface area contributed by atoms with Crippen LogP contribution in [0, 0.1) is 0 Å². The fourth-order valence-electron chi connectivity index (χ4n) is 0.258. The highest BCUT2D eigenvalue weighted by Crippen LogP contribution is 1.83. The lowest BCUT2D eigenvalue weighted by Crippen LogP contribution is -2.01. The second-order valence-corrected chi connectivity index (χ2v) is 2.86. The first-order valence-corrected chi connectivity index (χ1v) is 3.62. The first-order valence-electron chi connectivity index (χ1n) is 2.01. The van der Waals surface area contributed by atoms with Crippen LogP contribution in [0.15, 0.2) is 0 Å². The molecule has 0 aromatic heterocycles. The average molecular weight is 170 g/mol. The maximum absolute atomic E-state index is 9.79. The van der Waals surface area contributed by atoms with Gasteiger partial charge in [0, 0.05) is 0 Å². The highest BCUT2D eigenvalue weighted by molar-refractivity contribution is 7.85. The normalized spacial score (nSPS) is 9.11. The molecule has 0 heterocycles. The monoisotopic (exact) mass is 170 g/mol. The lowest BCUT2D eigenvalue weighted by molar-refractivity contribution is 0.482. The Balaban J connectivity index is -0.000000180. The van der Waals surface area contributed by atoms with E-state index in [0.717, 1.165) is 0 Å². The van der Waals surface area contributed by atoms with Gasteiger partial charge in [0.05, 0.1) is 5.75 Å². The Hall–Kier alpha value is 0.606. The first-order chi connectivity index (χ1) is 3.06. The van der Waals surface area contributed by atoms with Gasteiger partial charge in [0.2, 0.25) is 0 Å². The molecule has 0 amide bonds. The zero-order valence-electron chi connectivity index (χ0n) is 4.49. The largest absolute Gasteiger partial charge is 0.316 e. The van der Waals surface area contributed by atoms with Crippen LogP contribution in [0.5, 0.6) is 0 Å². The molecule has 1 N–H and O–H groups in total. The van der Waals surface area contributed by atoms with Crippen molar-refractivity contribution in [2.45, 2.75) is 13.3 Å². The Morgan fingerprint density at radius 1 is 1.44 bits per heavy atom. The maximum Gasteiger partial charge on any atom is 0.316 e. The Labute approximate surface area is 70.1 Å². The molecule has 0 saturated heterocycles. The molecule has 0 rings (SSSR count). The van der Waals surface area contributed by atoms with E-state index in [4.69, 9.17) is 4.55 Å². The Morgan fingerprint density at radius 3 is 1.78 bits per heavy atom. The van der Waals surface area contributed by atoms with Crippen molar-refractivity contribution in [3.8, 4) is 0 Å². The highest BCUT2D eigenvalue weighted by atomic mass is 32.2. The van der Waals surface area contributed by atoms with Crippen LogP contribution >= 0.6 is 0 Å². The third-order valence-electron chi connectivity index (χ3n) is 0.462. The molecule has 0 fully saturated rings. The van der Waals surface area contributed by atoms with E-state index >= 15 is 0 Å². The van der Waals surface area contributed by atoms with Gasteiger partial charge < -0.3 is 0 Å². The van der Waals surface area contributed by atoms with Gasteiger partial charge >= 0.3 is 23.1 Å². The zero-order chi connectivity index (χ0) is 5.91. The van der Waals surface area contributed by atoms with E-state index in [1.807, 2.05) is 0 Å². The van der Waals surface area contributed by atoms with Gasteiger partial charge in [-0.15, -0.1) is 0 Å². The van der Waals surface area contributed by atoms with Gasteiger partial charge in [0.15, 0.2) is 0 Å². The molecular formula is C3H11FMgO3S. The molecule has 0 bridgehead atoms. The standard InChI is InChI=1S/C3H8O3S.FH.Mg.2H/c1-2-3-7(4,5)6;;;;/h2-3H2,1H3,(H,4,5,6);1H;;;. The lowest BCUT2D eigenvalue weighted by atomic mass is 10.6. The summed E-state index contributed by atoms with van der Waals surface area (Å²) >= 11 is 0. The van der Waals surface area contributed by atoms with Crippen molar-refractivity contribution in [2.24, 2.45) is 0 Å². The van der Waals surface area contributed by atoms with Crippen LogP contribution < -0.4 is 0 Å². The quantitative estimate of drug-likeness (QED) is 0.450. The topological polar surface area (TPSA) is 54.4 Å². The number of rotatable bonds is 2. The molecular weight excluding hydrogens is 159 g/mol. The second kappa shape index (κ2) is 6.72. The van der Waals surface area contributed by atoms with Crippen LogP contribution in [0.1, 0.15) is 13.3 Å². The second-order valence-electron chi connectivity index (χ2n) is 1.29. The minimum Gasteiger partial charge on any atom is -0.286 e. The van der Waals surface area contributed by atoms with Crippen molar-refractivity contribution in [2.75, 3.05) is 5.75 Å². The molecule has 0 aromatic rings. The average Bonchev–Trinajstić information content (AvgIpc) is 1.30. The molecule has 0 aliphatic rings. The fraction of sp³-hybridized carbons (Fsp3) is 1.00. The summed E-state index contributed by atoms with van der Waals surface area (Å²) in [6.07, 6.45) is 0.471. The van der Waals surface area contributed by atoms with Crippen molar-refractivity contribution in [3.05, 3.63) is 0 Å². The third kappa shape index (κ3) is 17.7. The van der Waals surface area contributed by atoms with Crippen molar-refractivity contribution in [1.29, 1.82) is 0 Å². The molecule has 0 aliphatic heterocycles. The number of hydrogen-bond donors (Lipinski definition) is 1. The zero-order valence-corrected chi connectivity index (χ0v) is 5.31. The summed E-state index contributed by atoms with van der Waals surface area (Å²) in [5.41, 5.74) is 0. The van der Waals surface area contributed by atoms with E-state index in [9.17, 15) is 8.42 Å². The van der Waals surface area contributed by atoms with Crippen LogP contribution in [0.25, 0.3) is 0 Å². The van der Waals surface area contributed by atoms with Crippen molar-refractivity contribution in [1.82, 2.24) is 0 Å². The molecule has 0 aromatic carbocycles. The van der Waals surface area contributed by atoms with Crippen LogP contribution in [0.4, 0.5) is 4.70 Å². The summed E-state index contributed by atoms with van der Waals surface area (Å²) in [6, 6.07) is 0. The maximum atomic E-state index is 9.79. The highest BCUT2D eigenvalue weighted by Gasteiger charge is 1.98. The van der Waals surface area contributed by atoms with Gasteiger partial charge in [-0.2, -0.15) is 8.42 Å². The van der Waals surface area contributed by atoms with Gasteiger partial charge in [-0.25, -0.2) is 0 Å². The molecule has 0 spiro atoms. The Kier molecular flexibility index (Phi) is 12.2. The summed E-state index contributed by atoms with van der Waals surface area (Å²) < 4.78 is 27.6. The van der Waals surface area contributed by atoms with E-state index < -0.39 is 10.1 Å². The smallest absolute Gasteiger partial charge is 0.286 e. The van der Waals surface area contributed by atoms with E-state index in [1.165, 1.54) is 0 Å². The van der Waals surface area contributed by atoms with Crippen molar-refractivity contribution >= 4 is 33.2 Å². The molecule has 3 nitrogen and oxygen atoms in total. The lowest BCUT2D eigenvalue weighted by Gasteiger charge is -1.85. The summed E-state index contributed by atoms with van der Waals surface area (Å²) in [7, 11) is -3.67. The van der Waals surface area contributed by atoms with Gasteiger partial charge in [-0.3, -0.25) is 9.26 Å². The summed E-state index contributed by atoms with van der Waals surface area (Å²) in [5, 5.41) is 0. The minimum atomic E-state index is -3.67. The van der Waals surface area contributed by atoms with Gasteiger partial charge in [0.25, 0.3) is 10.1 Å². The van der Waals surface area contributed by atoms with Gasteiger partial charge in [-0.05, 0) is 6.42 Å². The van der Waals surface area contributed by atoms with Crippen molar-refractivity contribution < 1.29 is 17.7 Å². The van der Waals surface area contributed by atoms with Crippen molar-refractivity contribution in [3.63, 3.8) is 0 Å². The van der Waals surface area contributed by atoms with E-state index in [2.05, 4.69) is 0 Å². The Bertz CT molecular complexity index is 132. The third-order valence-corrected chi connectivity index (χ3v) is 1.39. The number of halogens is 1. The van der Waals surface area contributed by atoms with E-state index in [0.29, 0.717) is 6.42 Å². The summed E-state index contributed by atoms with van der Waals surface area (Å²) in [6.45, 7) is 1.69. The first kappa shape index (κ1) is 16.3. The van der Waals surface area contributed by atoms with E-state index in [-0.39, 0.29) is 33.5 Å². The summed E-state index contributed by atoms with van der Waals surface area (Å²) in [4.78, 5) is 0. The molecule has 0 aliphatic carbocycles. The van der Waals surface area contributed by atoms with Crippen LogP contribution in [-0.4, -0.2) is 41.8 Å². The molecule has 9 heavy (non-hydrogen) atoms. The molecule has 0 atom stereocenters. The van der Waals surface area contributed by atoms with Gasteiger partial charge in [-0.1, -0.05) is 6.92 Å². The molecule has 0 saturated carbocycles. The molecule has 0 radical (unpaired) electrons. The van der Waals surface area contributed by atoms with Crippen LogP contribution in [-0.2, 0) is 10.1 Å². The van der Waals surface area contributed by atoms with Gasteiger partial charge in [0.1, 0.15) is 0 Å². The SMILES string of the molecule is CCCS(=O)(=O)O.F.[MgH2]. The molecule has 56 valence electrons. The summed E-state index contributed by atoms with van der Waals surface area (Å²) in [5.74, 6) is -0.132. The van der Waals surface area contributed by atoms with E-state index in [1.54, 1.807) is 6.92 Å².